The maximum atomic E-state index is 11.7. The predicted octanol–water partition coefficient (Wildman–Crippen LogP) is 1.75. The third-order valence-electron chi connectivity index (χ3n) is 2.63. The van der Waals surface area contributed by atoms with Crippen molar-refractivity contribution in [3.8, 4) is 0 Å². The summed E-state index contributed by atoms with van der Waals surface area (Å²) in [7, 11) is 0. The Hall–Kier alpha value is -2.41. The fourth-order valence-electron chi connectivity index (χ4n) is 1.59. The van der Waals surface area contributed by atoms with Gasteiger partial charge in [0.05, 0.1) is 12.6 Å². The van der Waals surface area contributed by atoms with E-state index in [1.54, 1.807) is 38.1 Å². The van der Waals surface area contributed by atoms with Crippen LogP contribution < -0.4 is 10.6 Å². The largest absolute Gasteiger partial charge is 0.389 e. The summed E-state index contributed by atoms with van der Waals surface area (Å²) in [5.41, 5.74) is 1.43. The molecule has 106 valence electrons. The van der Waals surface area contributed by atoms with Crippen LogP contribution in [0.5, 0.6) is 0 Å². The number of nitrogens with one attached hydrogen (secondary N) is 2. The molecule has 3 N–H and O–H groups in total. The molecule has 0 aliphatic carbocycles. The number of carbonyl (C=O) groups is 1. The second-order valence-corrected chi connectivity index (χ2v) is 4.34. The first-order valence-electron chi connectivity index (χ1n) is 6.16. The van der Waals surface area contributed by atoms with Crippen molar-refractivity contribution in [1.82, 2.24) is 15.5 Å². The maximum Gasteiger partial charge on any atom is 0.319 e. The van der Waals surface area contributed by atoms with Gasteiger partial charge in [-0.1, -0.05) is 17.3 Å². The third kappa shape index (κ3) is 3.79. The molecular formula is C13H16N4O3. The average molecular weight is 276 g/mol. The van der Waals surface area contributed by atoms with Gasteiger partial charge in [-0.05, 0) is 24.6 Å². The van der Waals surface area contributed by atoms with Gasteiger partial charge in [0.1, 0.15) is 0 Å². The molecule has 0 bridgehead atoms. The lowest BCUT2D eigenvalue weighted by Crippen LogP contribution is -2.28. The van der Waals surface area contributed by atoms with E-state index in [9.17, 15) is 9.90 Å². The number of aliphatic hydroxyl groups excluding tert-OH is 1. The number of carbonyl (C=O) groups excluding carboxylic acids is 1. The maximum absolute atomic E-state index is 11.7. The monoisotopic (exact) mass is 276 g/mol. The van der Waals surface area contributed by atoms with Crippen LogP contribution in [0.1, 0.15) is 30.3 Å². The van der Waals surface area contributed by atoms with Gasteiger partial charge in [-0.3, -0.25) is 0 Å². The molecule has 7 heteroatoms. The predicted molar refractivity (Wildman–Crippen MR) is 72.0 cm³/mol. The van der Waals surface area contributed by atoms with E-state index in [-0.39, 0.29) is 12.6 Å². The highest BCUT2D eigenvalue weighted by atomic mass is 16.5. The summed E-state index contributed by atoms with van der Waals surface area (Å²) in [6, 6.07) is 6.59. The number of amides is 2. The van der Waals surface area contributed by atoms with Crippen LogP contribution in [0.2, 0.25) is 0 Å². The number of hydrogen-bond acceptors (Lipinski definition) is 5. The molecule has 1 aromatic carbocycles. The normalized spacial score (nSPS) is 11.9. The zero-order chi connectivity index (χ0) is 14.5. The lowest BCUT2D eigenvalue weighted by molar-refractivity contribution is 0.199. The molecule has 2 rings (SSSR count). The van der Waals surface area contributed by atoms with Gasteiger partial charge in [-0.15, -0.1) is 0 Å². The minimum Gasteiger partial charge on any atom is -0.389 e. The number of aryl methyl sites for hydroxylation is 1. The van der Waals surface area contributed by atoms with Crippen molar-refractivity contribution in [3.05, 3.63) is 41.5 Å². The number of hydrogen-bond donors (Lipinski definition) is 3. The fourth-order valence-corrected chi connectivity index (χ4v) is 1.59. The van der Waals surface area contributed by atoms with Gasteiger partial charge < -0.3 is 20.3 Å². The smallest absolute Gasteiger partial charge is 0.319 e. The molecule has 0 aliphatic heterocycles. The number of anilines is 1. The number of nitrogens with zero attached hydrogens (tertiary/aromatic N) is 2. The molecule has 2 aromatic rings. The molecule has 1 heterocycles. The molecule has 0 saturated heterocycles. The highest BCUT2D eigenvalue weighted by Gasteiger charge is 2.06. The first kappa shape index (κ1) is 14.0. The van der Waals surface area contributed by atoms with E-state index in [4.69, 9.17) is 4.52 Å². The van der Waals surface area contributed by atoms with Crippen LogP contribution in [-0.2, 0) is 6.54 Å². The van der Waals surface area contributed by atoms with Crippen molar-refractivity contribution in [3.63, 3.8) is 0 Å². The fraction of sp³-hybridized carbons (Fsp3) is 0.308. The van der Waals surface area contributed by atoms with Crippen LogP contribution in [0, 0.1) is 6.92 Å². The minimum atomic E-state index is -0.528. The van der Waals surface area contributed by atoms with Gasteiger partial charge in [-0.25, -0.2) is 4.79 Å². The Morgan fingerprint density at radius 2 is 2.10 bits per heavy atom. The summed E-state index contributed by atoms with van der Waals surface area (Å²) < 4.78 is 4.79. The molecule has 20 heavy (non-hydrogen) atoms. The Labute approximate surface area is 116 Å². The molecule has 0 fully saturated rings. The van der Waals surface area contributed by atoms with Crippen molar-refractivity contribution >= 4 is 11.7 Å². The van der Waals surface area contributed by atoms with Crippen LogP contribution in [0.4, 0.5) is 10.5 Å². The SMILES string of the molecule is Cc1nc(CNC(=O)Nc2ccc(C(C)O)cc2)no1. The van der Waals surface area contributed by atoms with Crippen molar-refractivity contribution in [1.29, 1.82) is 0 Å². The molecule has 1 unspecified atom stereocenters. The van der Waals surface area contributed by atoms with E-state index < -0.39 is 6.10 Å². The number of urea groups is 1. The molecule has 2 amide bonds. The van der Waals surface area contributed by atoms with Gasteiger partial charge in [0.25, 0.3) is 0 Å². The standard InChI is InChI=1S/C13H16N4O3/c1-8(18)10-3-5-11(6-4-10)16-13(19)14-7-12-15-9(2)20-17-12/h3-6,8,18H,7H2,1-2H3,(H2,14,16,19). The first-order valence-corrected chi connectivity index (χ1v) is 6.16. The second kappa shape index (κ2) is 6.16. The highest BCUT2D eigenvalue weighted by Crippen LogP contribution is 2.15. The topological polar surface area (TPSA) is 100 Å². The average Bonchev–Trinajstić information content (AvgIpc) is 2.83. The Morgan fingerprint density at radius 1 is 1.40 bits per heavy atom. The van der Waals surface area contributed by atoms with E-state index in [1.807, 2.05) is 0 Å². The van der Waals surface area contributed by atoms with Crippen LogP contribution in [0.15, 0.2) is 28.8 Å². The summed E-state index contributed by atoms with van der Waals surface area (Å²) in [6.07, 6.45) is -0.528. The minimum absolute atomic E-state index is 0.189. The molecule has 0 radical (unpaired) electrons. The summed E-state index contributed by atoms with van der Waals surface area (Å²) >= 11 is 0. The molecule has 1 aromatic heterocycles. The van der Waals surface area contributed by atoms with Crippen LogP contribution in [0.3, 0.4) is 0 Å². The summed E-state index contributed by atoms with van der Waals surface area (Å²) in [5, 5.41) is 18.3. The van der Waals surface area contributed by atoms with E-state index in [1.165, 1.54) is 0 Å². The summed E-state index contributed by atoms with van der Waals surface area (Å²) in [6.45, 7) is 3.55. The third-order valence-corrected chi connectivity index (χ3v) is 2.63. The van der Waals surface area contributed by atoms with Gasteiger partial charge in [0.2, 0.25) is 5.89 Å². The van der Waals surface area contributed by atoms with Gasteiger partial charge in [0.15, 0.2) is 5.82 Å². The Bertz CT molecular complexity index is 578. The van der Waals surface area contributed by atoms with Crippen molar-refractivity contribution in [2.75, 3.05) is 5.32 Å². The number of benzene rings is 1. The lowest BCUT2D eigenvalue weighted by Gasteiger charge is -2.08. The quantitative estimate of drug-likeness (QED) is 0.790. The van der Waals surface area contributed by atoms with E-state index >= 15 is 0 Å². The first-order chi connectivity index (χ1) is 9.54. The summed E-state index contributed by atoms with van der Waals surface area (Å²) in [4.78, 5) is 15.6. The van der Waals surface area contributed by atoms with Crippen molar-refractivity contribution in [2.24, 2.45) is 0 Å². The van der Waals surface area contributed by atoms with Crippen LogP contribution in [0.25, 0.3) is 0 Å². The van der Waals surface area contributed by atoms with Crippen molar-refractivity contribution < 1.29 is 14.4 Å². The molecule has 0 saturated carbocycles. The van der Waals surface area contributed by atoms with E-state index in [0.717, 1.165) is 5.56 Å². The van der Waals surface area contributed by atoms with E-state index in [2.05, 4.69) is 20.8 Å². The molecule has 0 spiro atoms. The molecule has 1 atom stereocenters. The van der Waals surface area contributed by atoms with Crippen LogP contribution >= 0.6 is 0 Å². The van der Waals surface area contributed by atoms with Gasteiger partial charge >= 0.3 is 6.03 Å². The number of aromatic nitrogens is 2. The molecular weight excluding hydrogens is 260 g/mol. The van der Waals surface area contributed by atoms with Crippen LogP contribution in [-0.4, -0.2) is 21.3 Å². The number of aliphatic hydroxyl groups is 1. The zero-order valence-corrected chi connectivity index (χ0v) is 11.3. The Morgan fingerprint density at radius 3 is 2.65 bits per heavy atom. The molecule has 0 aliphatic rings. The van der Waals surface area contributed by atoms with Crippen molar-refractivity contribution in [2.45, 2.75) is 26.5 Å². The highest BCUT2D eigenvalue weighted by molar-refractivity contribution is 5.89. The van der Waals surface area contributed by atoms with E-state index in [0.29, 0.717) is 17.4 Å². The number of rotatable bonds is 4. The Balaban J connectivity index is 1.84. The zero-order valence-electron chi connectivity index (χ0n) is 11.3. The molecule has 7 nitrogen and oxygen atoms in total. The summed E-state index contributed by atoms with van der Waals surface area (Å²) in [5.74, 6) is 0.873. The lowest BCUT2D eigenvalue weighted by atomic mass is 10.1. The second-order valence-electron chi connectivity index (χ2n) is 4.34. The Kier molecular flexibility index (Phi) is 4.31. The van der Waals surface area contributed by atoms with Gasteiger partial charge in [0, 0.05) is 12.6 Å². The van der Waals surface area contributed by atoms with Gasteiger partial charge in [-0.2, -0.15) is 4.98 Å².